The molecule has 1 saturated heterocycles. The Morgan fingerprint density at radius 3 is 3.06 bits per heavy atom. The van der Waals surface area contributed by atoms with E-state index in [9.17, 15) is 4.39 Å². The predicted octanol–water partition coefficient (Wildman–Crippen LogP) is 2.57. The van der Waals surface area contributed by atoms with Crippen LogP contribution >= 0.6 is 0 Å². The SMILES string of the molecule is CCNCC1CCN(c2cc(C)ccc2F)C1. The first-order valence-electron chi connectivity index (χ1n) is 6.42. The summed E-state index contributed by atoms with van der Waals surface area (Å²) in [5, 5.41) is 3.37. The lowest BCUT2D eigenvalue weighted by Crippen LogP contribution is -2.26. The summed E-state index contributed by atoms with van der Waals surface area (Å²) in [7, 11) is 0. The zero-order valence-corrected chi connectivity index (χ0v) is 10.7. The molecule has 3 heteroatoms. The lowest BCUT2D eigenvalue weighted by atomic mass is 10.1. The van der Waals surface area contributed by atoms with Gasteiger partial charge < -0.3 is 10.2 Å². The van der Waals surface area contributed by atoms with Gasteiger partial charge in [0.15, 0.2) is 0 Å². The Bertz CT molecular complexity index is 378. The third kappa shape index (κ3) is 2.97. The monoisotopic (exact) mass is 236 g/mol. The fraction of sp³-hybridized carbons (Fsp3) is 0.571. The lowest BCUT2D eigenvalue weighted by Gasteiger charge is -2.20. The standard InChI is InChI=1S/C14H21FN2/c1-3-16-9-12-6-7-17(10-12)14-8-11(2)4-5-13(14)15/h4-5,8,12,16H,3,6-7,9-10H2,1-2H3. The Labute approximate surface area is 103 Å². The van der Waals surface area contributed by atoms with Gasteiger partial charge in [-0.15, -0.1) is 0 Å². The first-order chi connectivity index (χ1) is 8.20. The van der Waals surface area contributed by atoms with Crippen molar-refractivity contribution in [2.45, 2.75) is 20.3 Å². The van der Waals surface area contributed by atoms with E-state index in [1.807, 2.05) is 19.1 Å². The van der Waals surface area contributed by atoms with Gasteiger partial charge >= 0.3 is 0 Å². The van der Waals surface area contributed by atoms with Crippen molar-refractivity contribution in [2.75, 3.05) is 31.1 Å². The number of anilines is 1. The van der Waals surface area contributed by atoms with Crippen LogP contribution in [0.2, 0.25) is 0 Å². The molecule has 1 aliphatic rings. The van der Waals surface area contributed by atoms with Gasteiger partial charge in [-0.05, 0) is 50.0 Å². The molecule has 0 aliphatic carbocycles. The van der Waals surface area contributed by atoms with Gasteiger partial charge in [0.1, 0.15) is 5.82 Å². The van der Waals surface area contributed by atoms with E-state index in [0.717, 1.165) is 43.9 Å². The Hall–Kier alpha value is -1.09. The summed E-state index contributed by atoms with van der Waals surface area (Å²) in [6.07, 6.45) is 1.15. The second-order valence-electron chi connectivity index (χ2n) is 4.86. The van der Waals surface area contributed by atoms with Gasteiger partial charge in [-0.25, -0.2) is 4.39 Å². The van der Waals surface area contributed by atoms with E-state index in [4.69, 9.17) is 0 Å². The molecule has 2 rings (SSSR count). The molecule has 1 unspecified atom stereocenters. The summed E-state index contributed by atoms with van der Waals surface area (Å²) in [5.41, 5.74) is 1.89. The topological polar surface area (TPSA) is 15.3 Å². The average Bonchev–Trinajstić information content (AvgIpc) is 2.78. The molecule has 1 heterocycles. The van der Waals surface area contributed by atoms with Crippen molar-refractivity contribution in [3.8, 4) is 0 Å². The molecule has 1 atom stereocenters. The first kappa shape index (κ1) is 12.4. The maximum atomic E-state index is 13.7. The van der Waals surface area contributed by atoms with Crippen molar-refractivity contribution in [1.82, 2.24) is 5.32 Å². The zero-order chi connectivity index (χ0) is 12.3. The van der Waals surface area contributed by atoms with E-state index in [1.54, 1.807) is 6.07 Å². The van der Waals surface area contributed by atoms with Gasteiger partial charge in [0.2, 0.25) is 0 Å². The highest BCUT2D eigenvalue weighted by molar-refractivity contribution is 5.50. The smallest absolute Gasteiger partial charge is 0.146 e. The minimum absolute atomic E-state index is 0.0975. The van der Waals surface area contributed by atoms with Crippen LogP contribution in [-0.4, -0.2) is 26.2 Å². The molecule has 0 bridgehead atoms. The highest BCUT2D eigenvalue weighted by Gasteiger charge is 2.23. The minimum Gasteiger partial charge on any atom is -0.369 e. The van der Waals surface area contributed by atoms with Crippen molar-refractivity contribution in [3.05, 3.63) is 29.6 Å². The normalized spacial score (nSPS) is 19.9. The van der Waals surface area contributed by atoms with Crippen LogP contribution in [0.5, 0.6) is 0 Å². The van der Waals surface area contributed by atoms with E-state index in [0.29, 0.717) is 5.92 Å². The minimum atomic E-state index is -0.0975. The summed E-state index contributed by atoms with van der Waals surface area (Å²) in [5.74, 6) is 0.551. The van der Waals surface area contributed by atoms with Crippen molar-refractivity contribution < 1.29 is 4.39 Å². The van der Waals surface area contributed by atoms with E-state index in [2.05, 4.69) is 17.1 Å². The Morgan fingerprint density at radius 1 is 1.47 bits per heavy atom. The Kier molecular flexibility index (Phi) is 4.00. The molecule has 17 heavy (non-hydrogen) atoms. The molecule has 0 aromatic heterocycles. The number of nitrogens with zero attached hydrogens (tertiary/aromatic N) is 1. The summed E-state index contributed by atoms with van der Waals surface area (Å²) in [4.78, 5) is 2.17. The van der Waals surface area contributed by atoms with Gasteiger partial charge in [-0.2, -0.15) is 0 Å². The number of halogens is 1. The van der Waals surface area contributed by atoms with Crippen molar-refractivity contribution in [2.24, 2.45) is 5.92 Å². The second-order valence-corrected chi connectivity index (χ2v) is 4.86. The molecule has 0 radical (unpaired) electrons. The number of aryl methyl sites for hydroxylation is 1. The predicted molar refractivity (Wildman–Crippen MR) is 70.0 cm³/mol. The highest BCUT2D eigenvalue weighted by Crippen LogP contribution is 2.26. The van der Waals surface area contributed by atoms with Gasteiger partial charge in [-0.1, -0.05) is 13.0 Å². The molecule has 1 aliphatic heterocycles. The molecule has 2 nitrogen and oxygen atoms in total. The number of hydrogen-bond donors (Lipinski definition) is 1. The third-order valence-corrected chi connectivity index (χ3v) is 3.41. The maximum absolute atomic E-state index is 13.7. The largest absolute Gasteiger partial charge is 0.369 e. The van der Waals surface area contributed by atoms with Crippen LogP contribution in [-0.2, 0) is 0 Å². The number of hydrogen-bond acceptors (Lipinski definition) is 2. The molecule has 1 aromatic rings. The van der Waals surface area contributed by atoms with Gasteiger partial charge in [0.25, 0.3) is 0 Å². The molecule has 0 amide bonds. The Balaban J connectivity index is 2.02. The molecule has 94 valence electrons. The molecule has 0 spiro atoms. The summed E-state index contributed by atoms with van der Waals surface area (Å²) in [6, 6.07) is 5.35. The van der Waals surface area contributed by atoms with Crippen LogP contribution in [0.15, 0.2) is 18.2 Å². The summed E-state index contributed by atoms with van der Waals surface area (Å²) >= 11 is 0. The van der Waals surface area contributed by atoms with Crippen molar-refractivity contribution >= 4 is 5.69 Å². The maximum Gasteiger partial charge on any atom is 0.146 e. The van der Waals surface area contributed by atoms with Crippen LogP contribution in [0.4, 0.5) is 10.1 Å². The molecule has 1 fully saturated rings. The van der Waals surface area contributed by atoms with Crippen molar-refractivity contribution in [1.29, 1.82) is 0 Å². The van der Waals surface area contributed by atoms with Gasteiger partial charge in [0, 0.05) is 13.1 Å². The first-order valence-corrected chi connectivity index (χ1v) is 6.42. The third-order valence-electron chi connectivity index (χ3n) is 3.41. The zero-order valence-electron chi connectivity index (χ0n) is 10.7. The fourth-order valence-electron chi connectivity index (χ4n) is 2.43. The van der Waals surface area contributed by atoms with Gasteiger partial charge in [0.05, 0.1) is 5.69 Å². The molecule has 1 aromatic carbocycles. The van der Waals surface area contributed by atoms with E-state index < -0.39 is 0 Å². The Morgan fingerprint density at radius 2 is 2.29 bits per heavy atom. The van der Waals surface area contributed by atoms with Crippen LogP contribution in [0.25, 0.3) is 0 Å². The fourth-order valence-corrected chi connectivity index (χ4v) is 2.43. The molecule has 1 N–H and O–H groups in total. The summed E-state index contributed by atoms with van der Waals surface area (Å²) in [6.45, 7) is 8.11. The quantitative estimate of drug-likeness (QED) is 0.864. The lowest BCUT2D eigenvalue weighted by molar-refractivity contribution is 0.527. The van der Waals surface area contributed by atoms with Crippen molar-refractivity contribution in [3.63, 3.8) is 0 Å². The molecular formula is C14H21FN2. The molecular weight excluding hydrogens is 215 g/mol. The highest BCUT2D eigenvalue weighted by atomic mass is 19.1. The van der Waals surface area contributed by atoms with Crippen LogP contribution in [0, 0.1) is 18.7 Å². The van der Waals surface area contributed by atoms with E-state index >= 15 is 0 Å². The van der Waals surface area contributed by atoms with E-state index in [1.165, 1.54) is 0 Å². The number of benzene rings is 1. The van der Waals surface area contributed by atoms with Crippen LogP contribution in [0.3, 0.4) is 0 Å². The van der Waals surface area contributed by atoms with Gasteiger partial charge in [-0.3, -0.25) is 0 Å². The van der Waals surface area contributed by atoms with E-state index in [-0.39, 0.29) is 5.82 Å². The number of rotatable bonds is 4. The van der Waals surface area contributed by atoms with Crippen LogP contribution in [0.1, 0.15) is 18.9 Å². The molecule has 0 saturated carbocycles. The number of nitrogens with one attached hydrogen (secondary N) is 1. The average molecular weight is 236 g/mol. The van der Waals surface area contributed by atoms with Crippen LogP contribution < -0.4 is 10.2 Å². The second kappa shape index (κ2) is 5.50. The summed E-state index contributed by atoms with van der Waals surface area (Å²) < 4.78 is 13.7.